The average Bonchev–Trinajstić information content (AvgIpc) is 2.02. The molecule has 60 valence electrons. The maximum absolute atomic E-state index is 4.76. The third-order valence-corrected chi connectivity index (χ3v) is 1.24. The van der Waals surface area contributed by atoms with Crippen LogP contribution in [-0.4, -0.2) is 12.8 Å². The van der Waals surface area contributed by atoms with Crippen molar-refractivity contribution in [1.82, 2.24) is 0 Å². The van der Waals surface area contributed by atoms with E-state index in [4.69, 9.17) is 4.74 Å². The standard InChI is InChI=1S/C9H13NO/c1-6-7(2)8(3)10-9(4)11-5/h6H,1-2,4H2,3,5H3/b10-8-. The summed E-state index contributed by atoms with van der Waals surface area (Å²) in [5.74, 6) is 0.380. The van der Waals surface area contributed by atoms with E-state index in [-0.39, 0.29) is 0 Å². The lowest BCUT2D eigenvalue weighted by Crippen LogP contribution is -1.94. The summed E-state index contributed by atoms with van der Waals surface area (Å²) in [7, 11) is 1.52. The second-order valence-electron chi connectivity index (χ2n) is 2.02. The van der Waals surface area contributed by atoms with Crippen LogP contribution in [0, 0.1) is 0 Å². The molecule has 0 aliphatic rings. The van der Waals surface area contributed by atoms with E-state index in [1.165, 1.54) is 7.11 Å². The van der Waals surface area contributed by atoms with Crippen LogP contribution in [-0.2, 0) is 4.74 Å². The van der Waals surface area contributed by atoms with Crippen LogP contribution in [0.4, 0.5) is 0 Å². The van der Waals surface area contributed by atoms with Crippen LogP contribution in [0.3, 0.4) is 0 Å². The van der Waals surface area contributed by atoms with Crippen LogP contribution < -0.4 is 0 Å². The van der Waals surface area contributed by atoms with Crippen molar-refractivity contribution in [2.75, 3.05) is 7.11 Å². The van der Waals surface area contributed by atoms with E-state index in [0.717, 1.165) is 11.3 Å². The third kappa shape index (κ3) is 3.40. The minimum absolute atomic E-state index is 0.380. The highest BCUT2D eigenvalue weighted by molar-refractivity contribution is 6.00. The molecule has 0 saturated carbocycles. The van der Waals surface area contributed by atoms with Crippen molar-refractivity contribution in [3.05, 3.63) is 37.3 Å². The van der Waals surface area contributed by atoms with E-state index < -0.39 is 0 Å². The van der Waals surface area contributed by atoms with Crippen LogP contribution in [0.15, 0.2) is 42.3 Å². The number of allylic oxidation sites excluding steroid dienone is 2. The quantitative estimate of drug-likeness (QED) is 0.343. The normalized spacial score (nSPS) is 10.5. The molecule has 0 aromatic carbocycles. The van der Waals surface area contributed by atoms with Crippen molar-refractivity contribution in [3.8, 4) is 0 Å². The molecule has 0 radical (unpaired) electrons. The fraction of sp³-hybridized carbons (Fsp3) is 0.222. The summed E-state index contributed by atoms with van der Waals surface area (Å²) in [6, 6.07) is 0. The zero-order chi connectivity index (χ0) is 8.85. The highest BCUT2D eigenvalue weighted by atomic mass is 16.5. The van der Waals surface area contributed by atoms with Gasteiger partial charge in [-0.2, -0.15) is 0 Å². The molecule has 0 amide bonds. The van der Waals surface area contributed by atoms with Crippen molar-refractivity contribution in [1.29, 1.82) is 0 Å². The lowest BCUT2D eigenvalue weighted by atomic mass is 10.2. The Morgan fingerprint density at radius 3 is 2.36 bits per heavy atom. The number of rotatable bonds is 4. The zero-order valence-electron chi connectivity index (χ0n) is 7.05. The summed E-state index contributed by atoms with van der Waals surface area (Å²) in [6.07, 6.45) is 1.64. The number of methoxy groups -OCH3 is 1. The van der Waals surface area contributed by atoms with Gasteiger partial charge in [-0.05, 0) is 19.1 Å². The lowest BCUT2D eigenvalue weighted by molar-refractivity contribution is 0.290. The SMILES string of the molecule is C=CC(=C)/C(C)=N\C(=C)OC. The first-order valence-electron chi connectivity index (χ1n) is 3.21. The first kappa shape index (κ1) is 9.69. The number of nitrogens with zero attached hydrogens (tertiary/aromatic N) is 1. The molecule has 0 aromatic heterocycles. The van der Waals surface area contributed by atoms with Crippen molar-refractivity contribution in [2.24, 2.45) is 4.99 Å². The molecule has 0 fully saturated rings. The summed E-state index contributed by atoms with van der Waals surface area (Å²) >= 11 is 0. The number of hydrogen-bond donors (Lipinski definition) is 0. The van der Waals surface area contributed by atoms with Crippen LogP contribution in [0.1, 0.15) is 6.92 Å². The predicted octanol–water partition coefficient (Wildman–Crippen LogP) is 2.31. The van der Waals surface area contributed by atoms with Gasteiger partial charge in [-0.1, -0.05) is 19.2 Å². The van der Waals surface area contributed by atoms with Crippen LogP contribution >= 0.6 is 0 Å². The molecule has 2 nitrogen and oxygen atoms in total. The second-order valence-corrected chi connectivity index (χ2v) is 2.02. The number of ether oxygens (including phenoxy) is 1. The average molecular weight is 151 g/mol. The molecule has 0 unspecified atom stereocenters. The molecule has 0 aliphatic carbocycles. The van der Waals surface area contributed by atoms with Crippen LogP contribution in [0.5, 0.6) is 0 Å². The summed E-state index contributed by atoms with van der Waals surface area (Å²) in [5.41, 5.74) is 1.55. The van der Waals surface area contributed by atoms with Gasteiger partial charge >= 0.3 is 0 Å². The summed E-state index contributed by atoms with van der Waals surface area (Å²) < 4.78 is 4.76. The molecule has 0 rings (SSSR count). The predicted molar refractivity (Wildman–Crippen MR) is 48.6 cm³/mol. The highest BCUT2D eigenvalue weighted by Crippen LogP contribution is 2.00. The molecule has 0 aromatic rings. The van der Waals surface area contributed by atoms with E-state index in [0.29, 0.717) is 5.88 Å². The molecule has 11 heavy (non-hydrogen) atoms. The minimum atomic E-state index is 0.380. The second kappa shape index (κ2) is 4.50. The summed E-state index contributed by atoms with van der Waals surface area (Å²) in [5, 5.41) is 0. The Balaban J connectivity index is 4.33. The van der Waals surface area contributed by atoms with Crippen molar-refractivity contribution in [3.63, 3.8) is 0 Å². The maximum Gasteiger partial charge on any atom is 0.205 e. The smallest absolute Gasteiger partial charge is 0.205 e. The summed E-state index contributed by atoms with van der Waals surface area (Å²) in [6.45, 7) is 12.7. The zero-order valence-corrected chi connectivity index (χ0v) is 7.05. The highest BCUT2D eigenvalue weighted by Gasteiger charge is 1.93. The van der Waals surface area contributed by atoms with Crippen LogP contribution in [0.2, 0.25) is 0 Å². The number of hydrogen-bond acceptors (Lipinski definition) is 2. The monoisotopic (exact) mass is 151 g/mol. The van der Waals surface area contributed by atoms with Gasteiger partial charge in [0.15, 0.2) is 0 Å². The van der Waals surface area contributed by atoms with Crippen molar-refractivity contribution >= 4 is 5.71 Å². The fourth-order valence-corrected chi connectivity index (χ4v) is 0.452. The Bertz CT molecular complexity index is 214. The van der Waals surface area contributed by atoms with Crippen molar-refractivity contribution < 1.29 is 4.74 Å². The Labute approximate surface area is 67.6 Å². The number of aliphatic imine (C=N–C) groups is 1. The molecular weight excluding hydrogens is 138 g/mol. The lowest BCUT2D eigenvalue weighted by Gasteiger charge is -2.00. The molecule has 0 atom stereocenters. The van der Waals surface area contributed by atoms with Crippen molar-refractivity contribution in [2.45, 2.75) is 6.92 Å². The topological polar surface area (TPSA) is 21.6 Å². The van der Waals surface area contributed by atoms with Gasteiger partial charge < -0.3 is 4.74 Å². The largest absolute Gasteiger partial charge is 0.481 e. The molecule has 0 bridgehead atoms. The van der Waals surface area contributed by atoms with Gasteiger partial charge in [-0.3, -0.25) is 0 Å². The van der Waals surface area contributed by atoms with Gasteiger partial charge in [0.25, 0.3) is 0 Å². The fourth-order valence-electron chi connectivity index (χ4n) is 0.452. The molecule has 0 heterocycles. The van der Waals surface area contributed by atoms with Gasteiger partial charge in [-0.15, -0.1) is 0 Å². The van der Waals surface area contributed by atoms with E-state index in [1.54, 1.807) is 6.08 Å². The van der Waals surface area contributed by atoms with E-state index in [9.17, 15) is 0 Å². The molecule has 0 aliphatic heterocycles. The van der Waals surface area contributed by atoms with Gasteiger partial charge in [0, 0.05) is 5.71 Å². The summed E-state index contributed by atoms with van der Waals surface area (Å²) in [4.78, 5) is 4.00. The molecule has 0 N–H and O–H groups in total. The van der Waals surface area contributed by atoms with E-state index in [2.05, 4.69) is 24.7 Å². The molecule has 0 saturated heterocycles. The van der Waals surface area contributed by atoms with Gasteiger partial charge in [0.05, 0.1) is 7.11 Å². The van der Waals surface area contributed by atoms with Gasteiger partial charge in [-0.25, -0.2) is 4.99 Å². The Kier molecular flexibility index (Phi) is 3.96. The van der Waals surface area contributed by atoms with E-state index in [1.807, 2.05) is 6.92 Å². The Morgan fingerprint density at radius 2 is 2.00 bits per heavy atom. The van der Waals surface area contributed by atoms with E-state index >= 15 is 0 Å². The Morgan fingerprint density at radius 1 is 1.45 bits per heavy atom. The minimum Gasteiger partial charge on any atom is -0.481 e. The first-order chi connectivity index (χ1) is 5.11. The first-order valence-corrected chi connectivity index (χ1v) is 3.21. The Hall–Kier alpha value is -1.31. The third-order valence-electron chi connectivity index (χ3n) is 1.24. The molecule has 2 heteroatoms. The maximum atomic E-state index is 4.76. The van der Waals surface area contributed by atoms with Crippen LogP contribution in [0.25, 0.3) is 0 Å². The molecular formula is C9H13NO. The van der Waals surface area contributed by atoms with Gasteiger partial charge in [0.1, 0.15) is 0 Å². The van der Waals surface area contributed by atoms with Gasteiger partial charge in [0.2, 0.25) is 5.88 Å². The molecule has 0 spiro atoms.